The van der Waals surface area contributed by atoms with E-state index < -0.39 is 0 Å². The van der Waals surface area contributed by atoms with Crippen molar-refractivity contribution in [1.29, 1.82) is 0 Å². The molecule has 1 saturated carbocycles. The molecule has 0 bridgehead atoms. The molecule has 2 rings (SSSR count). The molecule has 2 unspecified atom stereocenters. The fraction of sp³-hybridized carbons (Fsp3) is 0.538. The van der Waals surface area contributed by atoms with Crippen LogP contribution in [-0.4, -0.2) is 25.8 Å². The van der Waals surface area contributed by atoms with Gasteiger partial charge in [-0.25, -0.2) is 0 Å². The molecular formula is C13H20ClNO. The van der Waals surface area contributed by atoms with Crippen LogP contribution in [0.25, 0.3) is 0 Å². The van der Waals surface area contributed by atoms with E-state index in [1.54, 1.807) is 0 Å². The van der Waals surface area contributed by atoms with E-state index >= 15 is 0 Å². The largest absolute Gasteiger partial charge is 0.380 e. The molecule has 1 aromatic rings. The lowest BCUT2D eigenvalue weighted by atomic mass is 10.1. The maximum Gasteiger partial charge on any atom is 0.0590 e. The summed E-state index contributed by atoms with van der Waals surface area (Å²) in [5.74, 6) is 0.729. The van der Waals surface area contributed by atoms with Crippen molar-refractivity contribution in [1.82, 2.24) is 5.32 Å². The molecule has 3 heteroatoms. The van der Waals surface area contributed by atoms with Crippen molar-refractivity contribution in [2.45, 2.75) is 25.3 Å². The standard InChI is InChI=1S/C13H19NO.ClH/c1-2-15-9-8-14-13-10-12(13)11-6-4-3-5-7-11;/h3-7,12-14H,2,8-10H2,1H3;1H. The van der Waals surface area contributed by atoms with Gasteiger partial charge in [0.15, 0.2) is 0 Å². The molecule has 1 fully saturated rings. The Morgan fingerprint density at radius 1 is 1.31 bits per heavy atom. The third-order valence-corrected chi connectivity index (χ3v) is 2.88. The Hall–Kier alpha value is -0.570. The van der Waals surface area contributed by atoms with Gasteiger partial charge in [-0.3, -0.25) is 0 Å². The van der Waals surface area contributed by atoms with E-state index in [9.17, 15) is 0 Å². The monoisotopic (exact) mass is 241 g/mol. The number of ether oxygens (including phenoxy) is 1. The molecule has 1 aliphatic rings. The van der Waals surface area contributed by atoms with Gasteiger partial charge in [0.1, 0.15) is 0 Å². The smallest absolute Gasteiger partial charge is 0.0590 e. The lowest BCUT2D eigenvalue weighted by Crippen LogP contribution is -2.22. The first-order valence-corrected chi connectivity index (χ1v) is 5.78. The average Bonchev–Trinajstić information content (AvgIpc) is 3.05. The second-order valence-electron chi connectivity index (χ2n) is 4.01. The van der Waals surface area contributed by atoms with Crippen molar-refractivity contribution in [3.63, 3.8) is 0 Å². The zero-order chi connectivity index (χ0) is 10.5. The molecule has 90 valence electrons. The third kappa shape index (κ3) is 3.78. The second-order valence-corrected chi connectivity index (χ2v) is 4.01. The summed E-state index contributed by atoms with van der Waals surface area (Å²) >= 11 is 0. The highest BCUT2D eigenvalue weighted by molar-refractivity contribution is 5.85. The molecule has 0 saturated heterocycles. The van der Waals surface area contributed by atoms with E-state index in [1.807, 2.05) is 6.92 Å². The van der Waals surface area contributed by atoms with Gasteiger partial charge in [0.05, 0.1) is 6.61 Å². The molecule has 0 radical (unpaired) electrons. The Balaban J connectivity index is 0.00000128. The van der Waals surface area contributed by atoms with Gasteiger partial charge in [0, 0.05) is 25.1 Å². The number of halogens is 1. The molecule has 1 aliphatic carbocycles. The van der Waals surface area contributed by atoms with Crippen molar-refractivity contribution in [3.05, 3.63) is 35.9 Å². The van der Waals surface area contributed by atoms with Crippen LogP contribution in [-0.2, 0) is 4.74 Å². The zero-order valence-corrected chi connectivity index (χ0v) is 10.5. The predicted octanol–water partition coefficient (Wildman–Crippen LogP) is 2.59. The van der Waals surface area contributed by atoms with E-state index in [1.165, 1.54) is 12.0 Å². The summed E-state index contributed by atoms with van der Waals surface area (Å²) in [7, 11) is 0. The number of hydrogen-bond acceptors (Lipinski definition) is 2. The molecule has 0 heterocycles. The maximum atomic E-state index is 5.29. The molecule has 1 aromatic carbocycles. The van der Waals surface area contributed by atoms with Gasteiger partial charge in [0.2, 0.25) is 0 Å². The summed E-state index contributed by atoms with van der Waals surface area (Å²) in [5, 5.41) is 3.51. The maximum absolute atomic E-state index is 5.29. The van der Waals surface area contributed by atoms with Crippen LogP contribution in [0.15, 0.2) is 30.3 Å². The van der Waals surface area contributed by atoms with E-state index in [4.69, 9.17) is 4.74 Å². The number of nitrogens with one attached hydrogen (secondary N) is 1. The quantitative estimate of drug-likeness (QED) is 0.773. The van der Waals surface area contributed by atoms with Gasteiger partial charge in [-0.2, -0.15) is 0 Å². The molecule has 0 aliphatic heterocycles. The molecule has 2 nitrogen and oxygen atoms in total. The molecule has 0 amide bonds. The van der Waals surface area contributed by atoms with E-state index in [0.717, 1.165) is 25.7 Å². The molecular weight excluding hydrogens is 222 g/mol. The average molecular weight is 242 g/mol. The Labute approximate surface area is 104 Å². The van der Waals surface area contributed by atoms with E-state index in [-0.39, 0.29) is 12.4 Å². The first kappa shape index (κ1) is 13.5. The summed E-state index contributed by atoms with van der Waals surface area (Å²) in [6.45, 7) is 4.65. The topological polar surface area (TPSA) is 21.3 Å². The Kier molecular flexibility index (Phi) is 5.81. The lowest BCUT2D eigenvalue weighted by molar-refractivity contribution is 0.149. The predicted molar refractivity (Wildman–Crippen MR) is 69.3 cm³/mol. The van der Waals surface area contributed by atoms with E-state index in [2.05, 4.69) is 35.6 Å². The van der Waals surface area contributed by atoms with Gasteiger partial charge >= 0.3 is 0 Å². The summed E-state index contributed by atoms with van der Waals surface area (Å²) in [5.41, 5.74) is 1.46. The second kappa shape index (κ2) is 6.89. The third-order valence-electron chi connectivity index (χ3n) is 2.88. The van der Waals surface area contributed by atoms with Crippen LogP contribution in [0.5, 0.6) is 0 Å². The van der Waals surface area contributed by atoms with Crippen LogP contribution >= 0.6 is 12.4 Å². The van der Waals surface area contributed by atoms with Crippen LogP contribution in [0, 0.1) is 0 Å². The highest BCUT2D eigenvalue weighted by Gasteiger charge is 2.37. The van der Waals surface area contributed by atoms with Crippen molar-refractivity contribution in [2.24, 2.45) is 0 Å². The van der Waals surface area contributed by atoms with Gasteiger partial charge < -0.3 is 10.1 Å². The molecule has 2 atom stereocenters. The highest BCUT2D eigenvalue weighted by Crippen LogP contribution is 2.40. The first-order valence-electron chi connectivity index (χ1n) is 5.78. The van der Waals surface area contributed by atoms with Gasteiger partial charge in [-0.05, 0) is 18.9 Å². The van der Waals surface area contributed by atoms with Crippen LogP contribution in [0.4, 0.5) is 0 Å². The Morgan fingerprint density at radius 2 is 2.06 bits per heavy atom. The molecule has 16 heavy (non-hydrogen) atoms. The van der Waals surface area contributed by atoms with Crippen molar-refractivity contribution >= 4 is 12.4 Å². The zero-order valence-electron chi connectivity index (χ0n) is 9.69. The number of benzene rings is 1. The summed E-state index contributed by atoms with van der Waals surface area (Å²) in [4.78, 5) is 0. The fourth-order valence-electron chi connectivity index (χ4n) is 1.95. The fourth-order valence-corrected chi connectivity index (χ4v) is 1.95. The van der Waals surface area contributed by atoms with Crippen molar-refractivity contribution < 1.29 is 4.74 Å². The van der Waals surface area contributed by atoms with Gasteiger partial charge in [-0.1, -0.05) is 30.3 Å². The summed E-state index contributed by atoms with van der Waals surface area (Å²) in [6.07, 6.45) is 1.27. The SMILES string of the molecule is CCOCCNC1CC1c1ccccc1.Cl. The van der Waals surface area contributed by atoms with Crippen LogP contribution in [0.2, 0.25) is 0 Å². The minimum atomic E-state index is 0. The van der Waals surface area contributed by atoms with Crippen molar-refractivity contribution in [2.75, 3.05) is 19.8 Å². The summed E-state index contributed by atoms with van der Waals surface area (Å²) < 4.78 is 5.29. The van der Waals surface area contributed by atoms with Crippen LogP contribution < -0.4 is 5.32 Å². The normalized spacial score (nSPS) is 22.6. The van der Waals surface area contributed by atoms with E-state index in [0.29, 0.717) is 6.04 Å². The Morgan fingerprint density at radius 3 is 2.75 bits per heavy atom. The van der Waals surface area contributed by atoms with Crippen LogP contribution in [0.3, 0.4) is 0 Å². The molecule has 1 N–H and O–H groups in total. The van der Waals surface area contributed by atoms with Gasteiger partial charge in [-0.15, -0.1) is 12.4 Å². The van der Waals surface area contributed by atoms with Gasteiger partial charge in [0.25, 0.3) is 0 Å². The Bertz CT molecular complexity index is 291. The molecule has 0 aromatic heterocycles. The highest BCUT2D eigenvalue weighted by atomic mass is 35.5. The minimum absolute atomic E-state index is 0. The van der Waals surface area contributed by atoms with Crippen molar-refractivity contribution in [3.8, 4) is 0 Å². The summed E-state index contributed by atoms with van der Waals surface area (Å²) in [6, 6.07) is 11.4. The number of rotatable bonds is 6. The molecule has 0 spiro atoms. The van der Waals surface area contributed by atoms with Crippen LogP contribution in [0.1, 0.15) is 24.8 Å². The number of hydrogen-bond donors (Lipinski definition) is 1. The lowest BCUT2D eigenvalue weighted by Gasteiger charge is -2.04. The first-order chi connectivity index (χ1) is 7.42. The minimum Gasteiger partial charge on any atom is -0.380 e.